The van der Waals surface area contributed by atoms with Crippen molar-refractivity contribution in [2.75, 3.05) is 12.8 Å². The predicted octanol–water partition coefficient (Wildman–Crippen LogP) is 1.23. The monoisotopic (exact) mass is 637 g/mol. The van der Waals surface area contributed by atoms with Crippen molar-refractivity contribution in [1.82, 2.24) is 20.3 Å². The lowest BCUT2D eigenvalue weighted by molar-refractivity contribution is -0.145. The van der Waals surface area contributed by atoms with Gasteiger partial charge in [0, 0.05) is 17.9 Å². The normalized spacial score (nSPS) is 21.6. The standard InChI is InChI=1S/C31H51N5O7S/c1-8-13-22(26(37)27(32)38)33-29(40)25-21(31(5,6)9-2)16-17-36(25)30(41)24(20-14-11-10-12-15-20)34-28(39)23(18-19(3)4)35-44(7,42)43/h2,19-25,35H,8,10-18H2,1,3-7H3,(H2,32,38)(H,33,40)(H,34,39)/t21?,22?,23-,24-,25-/m0/s1. The number of primary amides is 1. The quantitative estimate of drug-likeness (QED) is 0.154. The summed E-state index contributed by atoms with van der Waals surface area (Å²) in [7, 11) is -3.73. The summed E-state index contributed by atoms with van der Waals surface area (Å²) in [5, 5.41) is 5.53. The molecule has 2 fully saturated rings. The summed E-state index contributed by atoms with van der Waals surface area (Å²) in [5.41, 5.74) is 4.43. The molecule has 2 aliphatic rings. The van der Waals surface area contributed by atoms with Gasteiger partial charge in [0.2, 0.25) is 33.5 Å². The zero-order chi connectivity index (χ0) is 33.4. The molecule has 0 aromatic carbocycles. The number of hydrogen-bond donors (Lipinski definition) is 4. The summed E-state index contributed by atoms with van der Waals surface area (Å²) in [5.74, 6) is -1.76. The molecule has 0 aromatic rings. The minimum Gasteiger partial charge on any atom is -0.363 e. The fourth-order valence-corrected chi connectivity index (χ4v) is 7.15. The number of amides is 4. The van der Waals surface area contributed by atoms with Crippen molar-refractivity contribution in [3.05, 3.63) is 0 Å². The van der Waals surface area contributed by atoms with Gasteiger partial charge in [-0.1, -0.05) is 46.5 Å². The van der Waals surface area contributed by atoms with Crippen LogP contribution in [0.5, 0.6) is 0 Å². The maximum Gasteiger partial charge on any atom is 0.287 e. The molecule has 13 heteroatoms. The Balaban J connectivity index is 2.50. The number of rotatable bonds is 15. The number of carbonyl (C=O) groups excluding carboxylic acids is 5. The fourth-order valence-electron chi connectivity index (χ4n) is 6.43. The fraction of sp³-hybridized carbons (Fsp3) is 0.774. The number of nitrogens with one attached hydrogen (secondary N) is 3. The summed E-state index contributed by atoms with van der Waals surface area (Å²) < 4.78 is 26.6. The molecule has 5 atom stereocenters. The van der Waals surface area contributed by atoms with E-state index in [0.717, 1.165) is 25.5 Å². The van der Waals surface area contributed by atoms with Crippen molar-refractivity contribution >= 4 is 39.4 Å². The van der Waals surface area contributed by atoms with Crippen LogP contribution >= 0.6 is 0 Å². The second-order valence-electron chi connectivity index (χ2n) is 13.3. The van der Waals surface area contributed by atoms with Gasteiger partial charge in [0.05, 0.1) is 12.3 Å². The summed E-state index contributed by atoms with van der Waals surface area (Å²) >= 11 is 0. The van der Waals surface area contributed by atoms with E-state index >= 15 is 0 Å². The number of hydrogen-bond acceptors (Lipinski definition) is 7. The summed E-state index contributed by atoms with van der Waals surface area (Å²) in [6.07, 6.45) is 12.2. The Morgan fingerprint density at radius 3 is 2.14 bits per heavy atom. The van der Waals surface area contributed by atoms with Crippen LogP contribution in [0.25, 0.3) is 0 Å². The van der Waals surface area contributed by atoms with E-state index in [0.29, 0.717) is 25.7 Å². The van der Waals surface area contributed by atoms with Gasteiger partial charge < -0.3 is 21.3 Å². The summed E-state index contributed by atoms with van der Waals surface area (Å²) in [6.45, 7) is 9.32. The van der Waals surface area contributed by atoms with Crippen LogP contribution in [0, 0.1) is 35.5 Å². The molecule has 4 amide bonds. The smallest absolute Gasteiger partial charge is 0.287 e. The van der Waals surface area contributed by atoms with Crippen LogP contribution in [0.2, 0.25) is 0 Å². The third-order valence-corrected chi connectivity index (χ3v) is 9.48. The Kier molecular flexibility index (Phi) is 13.4. The molecule has 0 aromatic heterocycles. The molecule has 1 heterocycles. The number of nitrogens with two attached hydrogens (primary N) is 1. The second-order valence-corrected chi connectivity index (χ2v) is 15.1. The van der Waals surface area contributed by atoms with Gasteiger partial charge in [0.15, 0.2) is 0 Å². The molecule has 1 aliphatic heterocycles. The molecule has 0 bridgehead atoms. The lowest BCUT2D eigenvalue weighted by atomic mass is 9.75. The molecule has 2 unspecified atom stereocenters. The first kappa shape index (κ1) is 37.2. The van der Waals surface area contributed by atoms with E-state index < -0.39 is 74.9 Å². The van der Waals surface area contributed by atoms with Gasteiger partial charge in [0.1, 0.15) is 18.1 Å². The first-order valence-corrected chi connectivity index (χ1v) is 17.5. The largest absolute Gasteiger partial charge is 0.363 e. The van der Waals surface area contributed by atoms with E-state index in [-0.39, 0.29) is 31.2 Å². The van der Waals surface area contributed by atoms with Crippen molar-refractivity contribution in [1.29, 1.82) is 0 Å². The molecule has 2 rings (SSSR count). The summed E-state index contributed by atoms with van der Waals surface area (Å²) in [4.78, 5) is 67.5. The number of nitrogens with zero attached hydrogens (tertiary/aromatic N) is 1. The highest BCUT2D eigenvalue weighted by molar-refractivity contribution is 7.88. The zero-order valence-corrected chi connectivity index (χ0v) is 27.8. The Bertz CT molecular complexity index is 1220. The molecule has 1 saturated carbocycles. The van der Waals surface area contributed by atoms with Gasteiger partial charge >= 0.3 is 0 Å². The van der Waals surface area contributed by atoms with E-state index in [1.165, 1.54) is 4.90 Å². The number of Topliss-reactive ketones (excluding diaryl/α,β-unsaturated/α-hetero) is 1. The van der Waals surface area contributed by atoms with E-state index in [4.69, 9.17) is 12.2 Å². The minimum absolute atomic E-state index is 0.0126. The zero-order valence-electron chi connectivity index (χ0n) is 27.0. The maximum atomic E-state index is 14.4. The average molecular weight is 638 g/mol. The van der Waals surface area contributed by atoms with Crippen molar-refractivity contribution in [3.8, 4) is 12.3 Å². The van der Waals surface area contributed by atoms with Crippen LogP contribution in [0.4, 0.5) is 0 Å². The molecule has 5 N–H and O–H groups in total. The van der Waals surface area contributed by atoms with Crippen LogP contribution in [-0.2, 0) is 34.0 Å². The average Bonchev–Trinajstić information content (AvgIpc) is 3.40. The van der Waals surface area contributed by atoms with E-state index in [2.05, 4.69) is 21.3 Å². The van der Waals surface area contributed by atoms with E-state index in [1.54, 1.807) is 20.8 Å². The van der Waals surface area contributed by atoms with Crippen molar-refractivity contribution < 1.29 is 32.4 Å². The highest BCUT2D eigenvalue weighted by Crippen LogP contribution is 2.40. The van der Waals surface area contributed by atoms with Gasteiger partial charge in [-0.05, 0) is 57.8 Å². The molecule has 248 valence electrons. The third-order valence-electron chi connectivity index (χ3n) is 8.77. The third kappa shape index (κ3) is 10.0. The first-order valence-electron chi connectivity index (χ1n) is 15.6. The van der Waals surface area contributed by atoms with Crippen molar-refractivity contribution in [2.24, 2.45) is 28.9 Å². The van der Waals surface area contributed by atoms with E-state index in [9.17, 15) is 32.4 Å². The number of carbonyl (C=O) groups is 5. The number of likely N-dealkylation sites (tertiary alicyclic amines) is 1. The number of ketones is 1. The molecule has 1 aliphatic carbocycles. The molecular weight excluding hydrogens is 586 g/mol. The van der Waals surface area contributed by atoms with Gasteiger partial charge in [-0.2, -0.15) is 0 Å². The second kappa shape index (κ2) is 15.8. The molecule has 0 radical (unpaired) electrons. The van der Waals surface area contributed by atoms with Crippen LogP contribution in [0.1, 0.15) is 92.4 Å². The molecule has 1 saturated heterocycles. The van der Waals surface area contributed by atoms with Crippen LogP contribution in [0.15, 0.2) is 0 Å². The highest BCUT2D eigenvalue weighted by atomic mass is 32.2. The summed E-state index contributed by atoms with van der Waals surface area (Å²) in [6, 6.07) is -4.30. The van der Waals surface area contributed by atoms with Gasteiger partial charge in [-0.15, -0.1) is 12.3 Å². The van der Waals surface area contributed by atoms with Gasteiger partial charge in [-0.25, -0.2) is 13.1 Å². The lowest BCUT2D eigenvalue weighted by Crippen LogP contribution is -2.61. The highest BCUT2D eigenvalue weighted by Gasteiger charge is 2.50. The Hall–Kier alpha value is -2.98. The Morgan fingerprint density at radius 2 is 1.64 bits per heavy atom. The predicted molar refractivity (Wildman–Crippen MR) is 167 cm³/mol. The molecule has 0 spiro atoms. The van der Waals surface area contributed by atoms with Crippen LogP contribution in [-0.4, -0.2) is 79.7 Å². The first-order chi connectivity index (χ1) is 20.4. The van der Waals surface area contributed by atoms with Crippen molar-refractivity contribution in [2.45, 2.75) is 117 Å². The molecule has 12 nitrogen and oxygen atoms in total. The Labute approximate surface area is 262 Å². The van der Waals surface area contributed by atoms with Gasteiger partial charge in [0.25, 0.3) is 5.91 Å². The SMILES string of the molecule is C#CC(C)(C)C1CCN(C(=O)[C@@H](NC(=O)[C@H](CC(C)C)NS(C)(=O)=O)C2CCCCC2)[C@@H]1C(=O)NC(CCC)C(=O)C(N)=O. The molecular formula is C31H51N5O7S. The van der Waals surface area contributed by atoms with Crippen LogP contribution < -0.4 is 21.1 Å². The minimum atomic E-state index is -3.73. The van der Waals surface area contributed by atoms with Gasteiger partial charge in [-0.3, -0.25) is 24.0 Å². The van der Waals surface area contributed by atoms with E-state index in [1.807, 2.05) is 13.8 Å². The lowest BCUT2D eigenvalue weighted by Gasteiger charge is -2.38. The number of sulfonamides is 1. The molecule has 44 heavy (non-hydrogen) atoms. The van der Waals surface area contributed by atoms with Crippen molar-refractivity contribution in [3.63, 3.8) is 0 Å². The maximum absolute atomic E-state index is 14.4. The van der Waals surface area contributed by atoms with Crippen LogP contribution in [0.3, 0.4) is 0 Å². The number of terminal acetylenes is 1. The Morgan fingerprint density at radius 1 is 1.02 bits per heavy atom. The topological polar surface area (TPSA) is 185 Å².